The zero-order chi connectivity index (χ0) is 23.8. The lowest BCUT2D eigenvalue weighted by Crippen LogP contribution is -2.44. The second-order valence-corrected chi connectivity index (χ2v) is 8.46. The Kier molecular flexibility index (Phi) is 4.29. The van der Waals surface area contributed by atoms with Crippen LogP contribution in [0, 0.1) is 5.82 Å². The molecule has 6 rings (SSSR count). The van der Waals surface area contributed by atoms with Gasteiger partial charge in [-0.15, -0.1) is 0 Å². The highest BCUT2D eigenvalue weighted by Gasteiger charge is 2.44. The van der Waals surface area contributed by atoms with Gasteiger partial charge in [-0.25, -0.2) is 14.4 Å². The van der Waals surface area contributed by atoms with Crippen LogP contribution in [0.1, 0.15) is 40.4 Å². The van der Waals surface area contributed by atoms with Crippen molar-refractivity contribution in [1.29, 1.82) is 0 Å². The zero-order valence-electron chi connectivity index (χ0n) is 17.5. The largest absolute Gasteiger partial charge is 0.488 e. The highest BCUT2D eigenvalue weighted by Crippen LogP contribution is 2.47. The Bertz CT molecular complexity index is 1480. The maximum atomic E-state index is 15.1. The molecular formula is C23H17F4N5O2. The van der Waals surface area contributed by atoms with E-state index in [0.717, 1.165) is 18.2 Å². The molecule has 0 spiro atoms. The van der Waals surface area contributed by atoms with E-state index in [1.165, 1.54) is 29.6 Å². The Balaban J connectivity index is 1.43. The van der Waals surface area contributed by atoms with E-state index in [1.54, 1.807) is 4.40 Å². The summed E-state index contributed by atoms with van der Waals surface area (Å²) < 4.78 is 62.0. The number of alkyl halides is 3. The minimum Gasteiger partial charge on any atom is -0.488 e. The number of likely N-dealkylation sites (tertiary alicyclic amines) is 1. The number of nitrogens with two attached hydrogens (primary N) is 1. The summed E-state index contributed by atoms with van der Waals surface area (Å²) in [5.41, 5.74) is 6.66. The molecule has 7 nitrogen and oxygen atoms in total. The first-order valence-electron chi connectivity index (χ1n) is 10.6. The zero-order valence-corrected chi connectivity index (χ0v) is 17.5. The average Bonchev–Trinajstić information content (AvgIpc) is 3.42. The van der Waals surface area contributed by atoms with E-state index in [9.17, 15) is 18.0 Å². The summed E-state index contributed by atoms with van der Waals surface area (Å²) in [5.74, 6) is -1.06. The first-order valence-corrected chi connectivity index (χ1v) is 10.6. The summed E-state index contributed by atoms with van der Waals surface area (Å²) >= 11 is 0. The van der Waals surface area contributed by atoms with Crippen LogP contribution in [0.5, 0.6) is 5.75 Å². The number of carbonyl (C=O) groups is 1. The second kappa shape index (κ2) is 7.05. The Hall–Kier alpha value is -3.89. The number of ether oxygens (including phenoxy) is 1. The number of aromatic nitrogens is 3. The number of fused-ring (bicyclic) bond motifs is 6. The minimum atomic E-state index is -4.51. The van der Waals surface area contributed by atoms with Gasteiger partial charge in [-0.1, -0.05) is 6.07 Å². The third-order valence-electron chi connectivity index (χ3n) is 6.47. The molecule has 2 aromatic heterocycles. The standard InChI is InChI=1S/C23H17F4N5O2/c24-14-8-15-16(32-10-29-9-17(32)21(28)30-15)7-13(14)22(33)31-5-1-2-18-20(31)12-4-3-11(23(25,26)27)6-19(12)34-18/h3-4,6-10,18,20H,1-2,5H2,(H2,28,30)/t18-,20-/m0/s1. The first-order chi connectivity index (χ1) is 16.2. The van der Waals surface area contributed by atoms with Crippen molar-refractivity contribution in [2.75, 3.05) is 12.3 Å². The van der Waals surface area contributed by atoms with Crippen molar-refractivity contribution >= 4 is 28.3 Å². The van der Waals surface area contributed by atoms with E-state index in [4.69, 9.17) is 10.5 Å². The lowest BCUT2D eigenvalue weighted by molar-refractivity contribution is -0.137. The number of amides is 1. The first kappa shape index (κ1) is 20.7. The maximum Gasteiger partial charge on any atom is 0.416 e. The van der Waals surface area contributed by atoms with Gasteiger partial charge in [0.15, 0.2) is 0 Å². The van der Waals surface area contributed by atoms with Crippen LogP contribution in [0.2, 0.25) is 0 Å². The van der Waals surface area contributed by atoms with Gasteiger partial charge in [0, 0.05) is 18.2 Å². The topological polar surface area (TPSA) is 85.8 Å². The molecule has 2 aliphatic heterocycles. The molecule has 1 amide bonds. The van der Waals surface area contributed by atoms with Crippen LogP contribution in [0.15, 0.2) is 42.9 Å². The summed E-state index contributed by atoms with van der Waals surface area (Å²) in [5, 5.41) is 0. The van der Waals surface area contributed by atoms with Gasteiger partial charge in [-0.05, 0) is 31.0 Å². The Morgan fingerprint density at radius 3 is 2.79 bits per heavy atom. The van der Waals surface area contributed by atoms with Gasteiger partial charge >= 0.3 is 6.18 Å². The number of halogens is 4. The fourth-order valence-corrected chi connectivity index (χ4v) is 4.92. The number of hydrogen-bond acceptors (Lipinski definition) is 5. The van der Waals surface area contributed by atoms with E-state index in [2.05, 4.69) is 9.97 Å². The predicted molar refractivity (Wildman–Crippen MR) is 114 cm³/mol. The normalized spacial score (nSPS) is 19.8. The maximum absolute atomic E-state index is 15.1. The van der Waals surface area contributed by atoms with E-state index in [1.807, 2.05) is 0 Å². The molecular weight excluding hydrogens is 454 g/mol. The molecule has 0 saturated carbocycles. The van der Waals surface area contributed by atoms with E-state index in [-0.39, 0.29) is 22.6 Å². The van der Waals surface area contributed by atoms with E-state index < -0.39 is 35.6 Å². The van der Waals surface area contributed by atoms with Crippen molar-refractivity contribution in [3.05, 3.63) is 65.4 Å². The Morgan fingerprint density at radius 1 is 1.18 bits per heavy atom. The fraction of sp³-hybridized carbons (Fsp3) is 0.261. The molecule has 2 atom stereocenters. The molecule has 0 aliphatic carbocycles. The van der Waals surface area contributed by atoms with Gasteiger partial charge in [-0.3, -0.25) is 9.20 Å². The number of nitrogen functional groups attached to an aromatic ring is 1. The molecule has 0 bridgehead atoms. The van der Waals surface area contributed by atoms with Gasteiger partial charge in [0.2, 0.25) is 0 Å². The molecule has 2 aromatic carbocycles. The van der Waals surface area contributed by atoms with Crippen LogP contribution < -0.4 is 10.5 Å². The predicted octanol–water partition coefficient (Wildman–Crippen LogP) is 4.36. The molecule has 4 heterocycles. The van der Waals surface area contributed by atoms with Crippen LogP contribution in [-0.2, 0) is 6.18 Å². The highest BCUT2D eigenvalue weighted by molar-refractivity contribution is 5.99. The smallest absolute Gasteiger partial charge is 0.416 e. The second-order valence-electron chi connectivity index (χ2n) is 8.46. The highest BCUT2D eigenvalue weighted by atomic mass is 19.4. The molecule has 1 saturated heterocycles. The number of nitrogens with zero attached hydrogens (tertiary/aromatic N) is 4. The Labute approximate surface area is 189 Å². The van der Waals surface area contributed by atoms with E-state index in [0.29, 0.717) is 36.0 Å². The number of benzene rings is 2. The molecule has 174 valence electrons. The number of hydrogen-bond donors (Lipinski definition) is 1. The number of rotatable bonds is 1. The average molecular weight is 471 g/mol. The molecule has 1 fully saturated rings. The van der Waals surface area contributed by atoms with E-state index >= 15 is 4.39 Å². The summed E-state index contributed by atoms with van der Waals surface area (Å²) in [6.07, 6.45) is -0.842. The van der Waals surface area contributed by atoms with Gasteiger partial charge in [0.1, 0.15) is 29.0 Å². The van der Waals surface area contributed by atoms with Crippen LogP contribution in [0.25, 0.3) is 16.6 Å². The SMILES string of the molecule is Nc1nc2cc(F)c(C(=O)N3CCC[C@@H]4Oc5cc(C(F)(F)F)ccc5[C@@H]43)cc2n2cncc12. The van der Waals surface area contributed by atoms with Gasteiger partial charge < -0.3 is 15.4 Å². The van der Waals surface area contributed by atoms with Crippen LogP contribution >= 0.6 is 0 Å². The lowest BCUT2D eigenvalue weighted by Gasteiger charge is -2.36. The fourth-order valence-electron chi connectivity index (χ4n) is 4.92. The number of piperidine rings is 1. The minimum absolute atomic E-state index is 0.100. The lowest BCUT2D eigenvalue weighted by atomic mass is 9.93. The third-order valence-corrected chi connectivity index (χ3v) is 6.47. The van der Waals surface area contributed by atoms with Crippen LogP contribution in [-0.4, -0.2) is 37.8 Å². The van der Waals surface area contributed by atoms with Crippen molar-refractivity contribution in [3.8, 4) is 5.75 Å². The van der Waals surface area contributed by atoms with Crippen molar-refractivity contribution < 1.29 is 27.1 Å². The van der Waals surface area contributed by atoms with Gasteiger partial charge in [0.05, 0.1) is 40.7 Å². The summed E-state index contributed by atoms with van der Waals surface area (Å²) in [4.78, 5) is 23.3. The van der Waals surface area contributed by atoms with Crippen LogP contribution in [0.3, 0.4) is 0 Å². The molecule has 0 unspecified atom stereocenters. The summed E-state index contributed by atoms with van der Waals surface area (Å²) in [6, 6.07) is 5.22. The van der Waals surface area contributed by atoms with Gasteiger partial charge in [-0.2, -0.15) is 13.2 Å². The quantitative estimate of drug-likeness (QED) is 0.417. The molecule has 11 heteroatoms. The van der Waals surface area contributed by atoms with Crippen molar-refractivity contribution in [1.82, 2.24) is 19.3 Å². The van der Waals surface area contributed by atoms with Crippen molar-refractivity contribution in [3.63, 3.8) is 0 Å². The summed E-state index contributed by atoms with van der Waals surface area (Å²) in [6.45, 7) is 0.321. The molecule has 34 heavy (non-hydrogen) atoms. The number of imidazole rings is 1. The molecule has 2 aliphatic rings. The molecule has 2 N–H and O–H groups in total. The van der Waals surface area contributed by atoms with Crippen molar-refractivity contribution in [2.24, 2.45) is 0 Å². The molecule has 4 aromatic rings. The Morgan fingerprint density at radius 2 is 2.00 bits per heavy atom. The monoisotopic (exact) mass is 471 g/mol. The third kappa shape index (κ3) is 2.99. The van der Waals surface area contributed by atoms with Crippen molar-refractivity contribution in [2.45, 2.75) is 31.2 Å². The number of anilines is 1. The van der Waals surface area contributed by atoms with Crippen LogP contribution in [0.4, 0.5) is 23.4 Å². The summed E-state index contributed by atoms with van der Waals surface area (Å²) in [7, 11) is 0. The van der Waals surface area contributed by atoms with Gasteiger partial charge in [0.25, 0.3) is 5.91 Å². The molecule has 0 radical (unpaired) electrons. The number of carbonyl (C=O) groups excluding carboxylic acids is 1.